The van der Waals surface area contributed by atoms with Gasteiger partial charge in [0.15, 0.2) is 0 Å². The zero-order valence-corrected chi connectivity index (χ0v) is 8.21. The lowest BCUT2D eigenvalue weighted by molar-refractivity contribution is 0.0961. The highest BCUT2D eigenvalue weighted by molar-refractivity contribution is 5.96. The van der Waals surface area contributed by atoms with Gasteiger partial charge in [0, 0.05) is 18.2 Å². The SMILES string of the molecule is CNC(=O)c1ccccc1C1(N)CC1. The number of nitrogens with two attached hydrogens (primary N) is 1. The second kappa shape index (κ2) is 3.10. The fourth-order valence-corrected chi connectivity index (χ4v) is 1.65. The lowest BCUT2D eigenvalue weighted by Gasteiger charge is -2.13. The number of hydrogen-bond donors (Lipinski definition) is 2. The molecular formula is C11H14N2O. The van der Waals surface area contributed by atoms with Crippen LogP contribution in [0.1, 0.15) is 28.8 Å². The Balaban J connectivity index is 2.44. The molecule has 0 atom stereocenters. The van der Waals surface area contributed by atoms with Crippen LogP contribution in [0.2, 0.25) is 0 Å². The number of carbonyl (C=O) groups is 1. The Bertz CT molecular complexity index is 369. The third-order valence-electron chi connectivity index (χ3n) is 2.72. The van der Waals surface area contributed by atoms with E-state index in [-0.39, 0.29) is 11.4 Å². The van der Waals surface area contributed by atoms with Gasteiger partial charge in [0.2, 0.25) is 0 Å². The molecule has 1 aliphatic rings. The molecule has 74 valence electrons. The van der Waals surface area contributed by atoms with Gasteiger partial charge in [0.05, 0.1) is 0 Å². The molecule has 0 bridgehead atoms. The van der Waals surface area contributed by atoms with Gasteiger partial charge in [-0.25, -0.2) is 0 Å². The van der Waals surface area contributed by atoms with Crippen LogP contribution in [-0.4, -0.2) is 13.0 Å². The maximum absolute atomic E-state index is 11.5. The van der Waals surface area contributed by atoms with E-state index in [1.807, 2.05) is 24.3 Å². The van der Waals surface area contributed by atoms with Crippen molar-refractivity contribution < 1.29 is 4.79 Å². The summed E-state index contributed by atoms with van der Waals surface area (Å²) < 4.78 is 0. The topological polar surface area (TPSA) is 55.1 Å². The predicted octanol–water partition coefficient (Wildman–Crippen LogP) is 0.994. The molecule has 1 aromatic carbocycles. The highest BCUT2D eigenvalue weighted by Crippen LogP contribution is 2.43. The molecular weight excluding hydrogens is 176 g/mol. The second-order valence-electron chi connectivity index (χ2n) is 3.78. The van der Waals surface area contributed by atoms with Crippen LogP contribution in [0.15, 0.2) is 24.3 Å². The molecule has 0 aliphatic heterocycles. The van der Waals surface area contributed by atoms with E-state index in [0.29, 0.717) is 5.56 Å². The second-order valence-corrected chi connectivity index (χ2v) is 3.78. The van der Waals surface area contributed by atoms with Crippen molar-refractivity contribution in [2.75, 3.05) is 7.05 Å². The van der Waals surface area contributed by atoms with Crippen molar-refractivity contribution in [1.29, 1.82) is 0 Å². The number of nitrogens with one attached hydrogen (secondary N) is 1. The van der Waals surface area contributed by atoms with Crippen molar-refractivity contribution >= 4 is 5.91 Å². The molecule has 3 nitrogen and oxygen atoms in total. The van der Waals surface area contributed by atoms with Crippen molar-refractivity contribution in [3.8, 4) is 0 Å². The summed E-state index contributed by atoms with van der Waals surface area (Å²) in [5.41, 5.74) is 7.51. The van der Waals surface area contributed by atoms with Gasteiger partial charge in [-0.15, -0.1) is 0 Å². The minimum absolute atomic E-state index is 0.0580. The Morgan fingerprint density at radius 3 is 2.64 bits per heavy atom. The first-order valence-electron chi connectivity index (χ1n) is 4.78. The van der Waals surface area contributed by atoms with E-state index < -0.39 is 0 Å². The monoisotopic (exact) mass is 190 g/mol. The first-order chi connectivity index (χ1) is 6.67. The molecule has 0 aromatic heterocycles. The normalized spacial score (nSPS) is 17.6. The number of benzene rings is 1. The molecule has 3 N–H and O–H groups in total. The molecule has 0 spiro atoms. The van der Waals surface area contributed by atoms with E-state index >= 15 is 0 Å². The zero-order valence-electron chi connectivity index (χ0n) is 8.21. The average Bonchev–Trinajstić information content (AvgIpc) is 2.97. The van der Waals surface area contributed by atoms with Gasteiger partial charge in [-0.1, -0.05) is 18.2 Å². The summed E-state index contributed by atoms with van der Waals surface area (Å²) in [5.74, 6) is -0.0580. The predicted molar refractivity (Wildman–Crippen MR) is 54.9 cm³/mol. The standard InChI is InChI=1S/C11H14N2O/c1-13-10(14)8-4-2-3-5-9(8)11(12)6-7-11/h2-5H,6-7,12H2,1H3,(H,13,14). The van der Waals surface area contributed by atoms with E-state index in [4.69, 9.17) is 5.73 Å². The third-order valence-corrected chi connectivity index (χ3v) is 2.72. The molecule has 0 radical (unpaired) electrons. The van der Waals surface area contributed by atoms with Crippen molar-refractivity contribution in [1.82, 2.24) is 5.32 Å². The van der Waals surface area contributed by atoms with Gasteiger partial charge in [-0.05, 0) is 24.5 Å². The third kappa shape index (κ3) is 1.40. The summed E-state index contributed by atoms with van der Waals surface area (Å²) in [4.78, 5) is 11.5. The summed E-state index contributed by atoms with van der Waals surface area (Å²) in [5, 5.41) is 2.63. The summed E-state index contributed by atoms with van der Waals surface area (Å²) >= 11 is 0. The van der Waals surface area contributed by atoms with Gasteiger partial charge >= 0.3 is 0 Å². The summed E-state index contributed by atoms with van der Waals surface area (Å²) in [6.07, 6.45) is 1.95. The van der Waals surface area contributed by atoms with E-state index in [0.717, 1.165) is 18.4 Å². The van der Waals surface area contributed by atoms with Crippen LogP contribution in [0.25, 0.3) is 0 Å². The molecule has 14 heavy (non-hydrogen) atoms. The lowest BCUT2D eigenvalue weighted by Crippen LogP contribution is -2.26. The van der Waals surface area contributed by atoms with Crippen LogP contribution in [0.3, 0.4) is 0 Å². The maximum atomic E-state index is 11.5. The molecule has 0 heterocycles. The van der Waals surface area contributed by atoms with E-state index in [2.05, 4.69) is 5.32 Å². The van der Waals surface area contributed by atoms with Crippen LogP contribution < -0.4 is 11.1 Å². The van der Waals surface area contributed by atoms with Gasteiger partial charge < -0.3 is 11.1 Å². The zero-order chi connectivity index (χ0) is 10.2. The van der Waals surface area contributed by atoms with E-state index in [1.165, 1.54) is 0 Å². The largest absolute Gasteiger partial charge is 0.355 e. The van der Waals surface area contributed by atoms with Crippen molar-refractivity contribution in [3.63, 3.8) is 0 Å². The van der Waals surface area contributed by atoms with E-state index in [1.54, 1.807) is 7.05 Å². The number of amides is 1. The van der Waals surface area contributed by atoms with Crippen LogP contribution in [0.5, 0.6) is 0 Å². The van der Waals surface area contributed by atoms with Gasteiger partial charge in [-0.3, -0.25) is 4.79 Å². The number of hydrogen-bond acceptors (Lipinski definition) is 2. The fourth-order valence-electron chi connectivity index (χ4n) is 1.65. The molecule has 2 rings (SSSR count). The van der Waals surface area contributed by atoms with Crippen LogP contribution in [0, 0.1) is 0 Å². The van der Waals surface area contributed by atoms with Gasteiger partial charge in [0.1, 0.15) is 0 Å². The quantitative estimate of drug-likeness (QED) is 0.730. The molecule has 1 amide bonds. The van der Waals surface area contributed by atoms with Crippen molar-refractivity contribution in [3.05, 3.63) is 35.4 Å². The molecule has 1 saturated carbocycles. The summed E-state index contributed by atoms with van der Waals surface area (Å²) in [7, 11) is 1.63. The van der Waals surface area contributed by atoms with Gasteiger partial charge in [-0.2, -0.15) is 0 Å². The molecule has 0 unspecified atom stereocenters. The van der Waals surface area contributed by atoms with Crippen LogP contribution >= 0.6 is 0 Å². The minimum atomic E-state index is -0.247. The highest BCUT2D eigenvalue weighted by atomic mass is 16.1. The Kier molecular flexibility index (Phi) is 2.04. The molecule has 1 aromatic rings. The smallest absolute Gasteiger partial charge is 0.251 e. The first-order valence-corrected chi connectivity index (χ1v) is 4.78. The highest BCUT2D eigenvalue weighted by Gasteiger charge is 2.42. The Morgan fingerprint density at radius 1 is 1.43 bits per heavy atom. The summed E-state index contributed by atoms with van der Waals surface area (Å²) in [6, 6.07) is 7.55. The van der Waals surface area contributed by atoms with Crippen molar-refractivity contribution in [2.45, 2.75) is 18.4 Å². The molecule has 1 fully saturated rings. The maximum Gasteiger partial charge on any atom is 0.251 e. The first kappa shape index (κ1) is 9.21. The molecule has 1 aliphatic carbocycles. The van der Waals surface area contributed by atoms with E-state index in [9.17, 15) is 4.79 Å². The lowest BCUT2D eigenvalue weighted by atomic mass is 9.98. The Hall–Kier alpha value is -1.35. The molecule has 0 saturated heterocycles. The van der Waals surface area contributed by atoms with Crippen molar-refractivity contribution in [2.24, 2.45) is 5.73 Å². The number of carbonyl (C=O) groups excluding carboxylic acids is 1. The van der Waals surface area contributed by atoms with Crippen LogP contribution in [0.4, 0.5) is 0 Å². The molecule has 3 heteroatoms. The Labute approximate surface area is 83.3 Å². The number of rotatable bonds is 2. The summed E-state index contributed by atoms with van der Waals surface area (Å²) in [6.45, 7) is 0. The fraction of sp³-hybridized carbons (Fsp3) is 0.364. The van der Waals surface area contributed by atoms with Crippen LogP contribution in [-0.2, 0) is 5.54 Å². The van der Waals surface area contributed by atoms with Gasteiger partial charge in [0.25, 0.3) is 5.91 Å². The Morgan fingerprint density at radius 2 is 2.07 bits per heavy atom. The average molecular weight is 190 g/mol. The minimum Gasteiger partial charge on any atom is -0.355 e.